The first-order valence-electron chi connectivity index (χ1n) is 9.05. The van der Waals surface area contributed by atoms with E-state index in [0.717, 1.165) is 5.56 Å². The van der Waals surface area contributed by atoms with Crippen LogP contribution >= 0.6 is 0 Å². The molecule has 0 N–H and O–H groups in total. The Bertz CT molecular complexity index is 1000. The maximum atomic E-state index is 12.8. The van der Waals surface area contributed by atoms with Crippen molar-refractivity contribution in [3.63, 3.8) is 0 Å². The lowest BCUT2D eigenvalue weighted by atomic mass is 10.0. The Hall–Kier alpha value is -3.32. The van der Waals surface area contributed by atoms with Crippen LogP contribution in [-0.4, -0.2) is 59.7 Å². The summed E-state index contributed by atoms with van der Waals surface area (Å²) in [5.74, 6) is -0.764. The Kier molecular flexibility index (Phi) is 5.25. The number of carbonyl (C=O) groups is 2. The monoisotopic (exact) mass is 377 g/mol. The van der Waals surface area contributed by atoms with Crippen molar-refractivity contribution in [3.05, 3.63) is 60.4 Å². The molecule has 0 saturated carbocycles. The predicted molar refractivity (Wildman–Crippen MR) is 103 cm³/mol. The summed E-state index contributed by atoms with van der Waals surface area (Å²) < 4.78 is 10.6. The molecule has 1 fully saturated rings. The van der Waals surface area contributed by atoms with Gasteiger partial charge >= 0.3 is 5.97 Å². The zero-order valence-corrected chi connectivity index (χ0v) is 15.2. The second-order valence-electron chi connectivity index (χ2n) is 6.38. The van der Waals surface area contributed by atoms with Gasteiger partial charge in [0.15, 0.2) is 6.61 Å². The summed E-state index contributed by atoms with van der Waals surface area (Å²) in [7, 11) is 0. The summed E-state index contributed by atoms with van der Waals surface area (Å²) in [6.07, 6.45) is 3.34. The smallest absolute Gasteiger partial charge is 0.339 e. The number of benzene rings is 1. The molecule has 2 aromatic heterocycles. The van der Waals surface area contributed by atoms with Gasteiger partial charge in [0.2, 0.25) is 0 Å². The van der Waals surface area contributed by atoms with Gasteiger partial charge in [-0.1, -0.05) is 18.2 Å². The summed E-state index contributed by atoms with van der Waals surface area (Å²) in [4.78, 5) is 35.3. The van der Waals surface area contributed by atoms with Crippen molar-refractivity contribution >= 4 is 22.8 Å². The molecular weight excluding hydrogens is 358 g/mol. The number of amides is 1. The standard InChI is InChI=1S/C21H19N3O4/c25-20(24-9-11-27-12-10-24)14-28-21(26)17-13-19(15-5-7-22-8-6-15)23-18-4-2-1-3-16(17)18/h1-8,13H,9-12,14H2. The van der Waals surface area contributed by atoms with Crippen molar-refractivity contribution in [1.82, 2.24) is 14.9 Å². The van der Waals surface area contributed by atoms with Gasteiger partial charge in [0.25, 0.3) is 5.91 Å². The summed E-state index contributed by atoms with van der Waals surface area (Å²) in [6, 6.07) is 12.7. The minimum absolute atomic E-state index is 0.218. The highest BCUT2D eigenvalue weighted by atomic mass is 16.5. The van der Waals surface area contributed by atoms with E-state index in [1.54, 1.807) is 23.4 Å². The fraction of sp³-hybridized carbons (Fsp3) is 0.238. The average Bonchev–Trinajstić information content (AvgIpc) is 2.77. The van der Waals surface area contributed by atoms with E-state index in [1.807, 2.05) is 36.4 Å². The van der Waals surface area contributed by atoms with Crippen LogP contribution in [0.1, 0.15) is 10.4 Å². The van der Waals surface area contributed by atoms with Crippen LogP contribution in [0, 0.1) is 0 Å². The molecule has 142 valence electrons. The van der Waals surface area contributed by atoms with Crippen molar-refractivity contribution < 1.29 is 19.1 Å². The average molecular weight is 377 g/mol. The van der Waals surface area contributed by atoms with Crippen LogP contribution in [0.2, 0.25) is 0 Å². The fourth-order valence-corrected chi connectivity index (χ4v) is 3.12. The van der Waals surface area contributed by atoms with E-state index in [0.29, 0.717) is 48.5 Å². The maximum Gasteiger partial charge on any atom is 0.339 e. The number of para-hydroxylation sites is 1. The number of hydrogen-bond acceptors (Lipinski definition) is 6. The van der Waals surface area contributed by atoms with Crippen LogP contribution in [0.3, 0.4) is 0 Å². The van der Waals surface area contributed by atoms with E-state index >= 15 is 0 Å². The number of ether oxygens (including phenoxy) is 2. The predicted octanol–water partition coefficient (Wildman–Crippen LogP) is 2.31. The molecular formula is C21H19N3O4. The van der Waals surface area contributed by atoms with Gasteiger partial charge in [0.05, 0.1) is 30.0 Å². The first-order chi connectivity index (χ1) is 13.7. The topological polar surface area (TPSA) is 81.6 Å². The Morgan fingerprint density at radius 3 is 2.61 bits per heavy atom. The number of hydrogen-bond donors (Lipinski definition) is 0. The van der Waals surface area contributed by atoms with E-state index in [9.17, 15) is 9.59 Å². The molecule has 3 heterocycles. The SMILES string of the molecule is O=C(OCC(=O)N1CCOCC1)c1cc(-c2ccncc2)nc2ccccc12. The molecule has 7 nitrogen and oxygen atoms in total. The molecule has 28 heavy (non-hydrogen) atoms. The number of fused-ring (bicyclic) bond motifs is 1. The van der Waals surface area contributed by atoms with Crippen molar-refractivity contribution in [2.75, 3.05) is 32.9 Å². The Morgan fingerprint density at radius 2 is 1.82 bits per heavy atom. The molecule has 7 heteroatoms. The molecule has 4 rings (SSSR count). The lowest BCUT2D eigenvalue weighted by Gasteiger charge is -2.26. The molecule has 1 aliphatic heterocycles. The molecule has 0 atom stereocenters. The molecule has 0 aliphatic carbocycles. The van der Waals surface area contributed by atoms with Crippen molar-refractivity contribution in [2.24, 2.45) is 0 Å². The van der Waals surface area contributed by atoms with Gasteiger partial charge in [-0.3, -0.25) is 9.78 Å². The van der Waals surface area contributed by atoms with Gasteiger partial charge in [-0.25, -0.2) is 9.78 Å². The van der Waals surface area contributed by atoms with Crippen molar-refractivity contribution in [2.45, 2.75) is 0 Å². The molecule has 3 aromatic rings. The number of rotatable bonds is 4. The second-order valence-corrected chi connectivity index (χ2v) is 6.38. The van der Waals surface area contributed by atoms with Crippen LogP contribution < -0.4 is 0 Å². The van der Waals surface area contributed by atoms with Gasteiger partial charge in [0.1, 0.15) is 0 Å². The highest BCUT2D eigenvalue weighted by Gasteiger charge is 2.20. The Balaban J connectivity index is 1.59. The summed E-state index contributed by atoms with van der Waals surface area (Å²) in [6.45, 7) is 1.75. The molecule has 0 bridgehead atoms. The Labute approximate surface area is 161 Å². The van der Waals surface area contributed by atoms with Gasteiger partial charge in [-0.2, -0.15) is 0 Å². The number of nitrogens with zero attached hydrogens (tertiary/aromatic N) is 3. The minimum atomic E-state index is -0.546. The zero-order valence-electron chi connectivity index (χ0n) is 15.2. The fourth-order valence-electron chi connectivity index (χ4n) is 3.12. The highest BCUT2D eigenvalue weighted by Crippen LogP contribution is 2.25. The van der Waals surface area contributed by atoms with Gasteiger partial charge < -0.3 is 14.4 Å². The molecule has 0 unspecified atom stereocenters. The van der Waals surface area contributed by atoms with Gasteiger partial charge in [-0.05, 0) is 24.3 Å². The van der Waals surface area contributed by atoms with Crippen molar-refractivity contribution in [3.8, 4) is 11.3 Å². The first-order valence-corrected chi connectivity index (χ1v) is 9.05. The summed E-state index contributed by atoms with van der Waals surface area (Å²) in [5, 5.41) is 0.684. The van der Waals surface area contributed by atoms with Crippen molar-refractivity contribution in [1.29, 1.82) is 0 Å². The minimum Gasteiger partial charge on any atom is -0.452 e. The summed E-state index contributed by atoms with van der Waals surface area (Å²) in [5.41, 5.74) is 2.56. The molecule has 0 radical (unpaired) electrons. The summed E-state index contributed by atoms with van der Waals surface area (Å²) >= 11 is 0. The largest absolute Gasteiger partial charge is 0.452 e. The third kappa shape index (κ3) is 3.84. The number of carbonyl (C=O) groups excluding carboxylic acids is 2. The zero-order chi connectivity index (χ0) is 19.3. The van der Waals surface area contributed by atoms with E-state index < -0.39 is 5.97 Å². The number of aromatic nitrogens is 2. The van der Waals surface area contributed by atoms with E-state index in [-0.39, 0.29) is 12.5 Å². The lowest BCUT2D eigenvalue weighted by molar-refractivity contribution is -0.138. The van der Waals surface area contributed by atoms with Crippen LogP contribution in [0.25, 0.3) is 22.2 Å². The number of esters is 1. The van der Waals surface area contributed by atoms with Gasteiger partial charge in [-0.15, -0.1) is 0 Å². The third-order valence-corrected chi connectivity index (χ3v) is 4.60. The lowest BCUT2D eigenvalue weighted by Crippen LogP contribution is -2.42. The van der Waals surface area contributed by atoms with Crippen LogP contribution in [-0.2, 0) is 14.3 Å². The second kappa shape index (κ2) is 8.14. The third-order valence-electron chi connectivity index (χ3n) is 4.60. The first kappa shape index (κ1) is 18.1. The normalized spacial score (nSPS) is 14.1. The van der Waals surface area contributed by atoms with Gasteiger partial charge in [0, 0.05) is 36.4 Å². The van der Waals surface area contributed by atoms with E-state index in [4.69, 9.17) is 9.47 Å². The number of pyridine rings is 2. The van der Waals surface area contributed by atoms with Crippen LogP contribution in [0.4, 0.5) is 0 Å². The molecule has 1 aliphatic rings. The molecule has 1 aromatic carbocycles. The van der Waals surface area contributed by atoms with E-state index in [1.165, 1.54) is 0 Å². The highest BCUT2D eigenvalue weighted by molar-refractivity contribution is 6.05. The Morgan fingerprint density at radius 1 is 1.07 bits per heavy atom. The molecule has 1 amide bonds. The quantitative estimate of drug-likeness (QED) is 0.649. The van der Waals surface area contributed by atoms with Crippen LogP contribution in [0.15, 0.2) is 54.9 Å². The maximum absolute atomic E-state index is 12.8. The van der Waals surface area contributed by atoms with Crippen LogP contribution in [0.5, 0.6) is 0 Å². The molecule has 1 saturated heterocycles. The van der Waals surface area contributed by atoms with E-state index in [2.05, 4.69) is 9.97 Å². The molecule has 0 spiro atoms. The number of morpholine rings is 1.